The van der Waals surface area contributed by atoms with Gasteiger partial charge in [-0.05, 0) is 54.1 Å². The van der Waals surface area contributed by atoms with E-state index in [9.17, 15) is 4.79 Å². The maximum Gasteiger partial charge on any atom is 0.252 e. The zero-order valence-electron chi connectivity index (χ0n) is 17.5. The maximum absolute atomic E-state index is 13.1. The highest BCUT2D eigenvalue weighted by Gasteiger charge is 2.14. The molecule has 32 heavy (non-hydrogen) atoms. The highest BCUT2D eigenvalue weighted by molar-refractivity contribution is 6.07. The number of hydrogen-bond acceptors (Lipinski definition) is 5. The van der Waals surface area contributed by atoms with Crippen molar-refractivity contribution in [2.24, 2.45) is 0 Å². The smallest absolute Gasteiger partial charge is 0.252 e. The Morgan fingerprint density at radius 2 is 1.81 bits per heavy atom. The molecule has 0 spiro atoms. The number of para-hydroxylation sites is 1. The SMILES string of the molecule is COc1ccc(-c2cc(C(=O)NCc3cccc(OCC#N)c3)c3ccccc3n2)cc1. The molecule has 6 nitrogen and oxygen atoms in total. The Labute approximate surface area is 186 Å². The molecule has 0 aliphatic carbocycles. The van der Waals surface area contributed by atoms with Crippen LogP contribution in [0.5, 0.6) is 11.5 Å². The van der Waals surface area contributed by atoms with Crippen LogP contribution in [0.2, 0.25) is 0 Å². The molecule has 0 radical (unpaired) electrons. The van der Waals surface area contributed by atoms with Crippen molar-refractivity contribution >= 4 is 16.8 Å². The maximum atomic E-state index is 13.1. The lowest BCUT2D eigenvalue weighted by Gasteiger charge is -2.11. The van der Waals surface area contributed by atoms with E-state index in [0.717, 1.165) is 27.8 Å². The highest BCUT2D eigenvalue weighted by atomic mass is 16.5. The topological polar surface area (TPSA) is 84.2 Å². The summed E-state index contributed by atoms with van der Waals surface area (Å²) >= 11 is 0. The molecule has 4 aromatic rings. The molecule has 0 saturated carbocycles. The first-order valence-corrected chi connectivity index (χ1v) is 10.1. The fourth-order valence-corrected chi connectivity index (χ4v) is 3.41. The summed E-state index contributed by atoms with van der Waals surface area (Å²) in [5.41, 5.74) is 3.79. The van der Waals surface area contributed by atoms with E-state index in [4.69, 9.17) is 19.7 Å². The van der Waals surface area contributed by atoms with Gasteiger partial charge in [0, 0.05) is 17.5 Å². The number of ether oxygens (including phenoxy) is 2. The Bertz CT molecular complexity index is 1290. The van der Waals surface area contributed by atoms with E-state index in [1.165, 1.54) is 0 Å². The van der Waals surface area contributed by atoms with Crippen molar-refractivity contribution in [1.29, 1.82) is 5.26 Å². The van der Waals surface area contributed by atoms with Gasteiger partial charge in [-0.2, -0.15) is 5.26 Å². The average Bonchev–Trinajstić information content (AvgIpc) is 2.85. The molecule has 4 rings (SSSR count). The molecular weight excluding hydrogens is 402 g/mol. The molecule has 0 saturated heterocycles. The number of pyridine rings is 1. The van der Waals surface area contributed by atoms with E-state index in [2.05, 4.69) is 5.32 Å². The van der Waals surface area contributed by atoms with Crippen LogP contribution >= 0.6 is 0 Å². The Kier molecular flexibility index (Phi) is 6.28. The van der Waals surface area contributed by atoms with Crippen LogP contribution in [0, 0.1) is 11.3 Å². The number of nitrogens with one attached hydrogen (secondary N) is 1. The van der Waals surface area contributed by atoms with Crippen LogP contribution in [0.25, 0.3) is 22.2 Å². The second kappa shape index (κ2) is 9.63. The zero-order valence-corrected chi connectivity index (χ0v) is 17.5. The third-order valence-corrected chi connectivity index (χ3v) is 5.00. The Balaban J connectivity index is 1.61. The van der Waals surface area contributed by atoms with Crippen LogP contribution in [0.4, 0.5) is 0 Å². The highest BCUT2D eigenvalue weighted by Crippen LogP contribution is 2.26. The first kappa shape index (κ1) is 20.9. The molecule has 0 atom stereocenters. The van der Waals surface area contributed by atoms with Gasteiger partial charge in [-0.3, -0.25) is 4.79 Å². The fraction of sp³-hybridized carbons (Fsp3) is 0.115. The number of carbonyl (C=O) groups excluding carboxylic acids is 1. The van der Waals surface area contributed by atoms with Gasteiger partial charge in [-0.25, -0.2) is 4.98 Å². The number of methoxy groups -OCH3 is 1. The monoisotopic (exact) mass is 423 g/mol. The van der Waals surface area contributed by atoms with Gasteiger partial charge >= 0.3 is 0 Å². The average molecular weight is 423 g/mol. The van der Waals surface area contributed by atoms with Crippen molar-refractivity contribution in [2.45, 2.75) is 6.54 Å². The van der Waals surface area contributed by atoms with Gasteiger partial charge in [0.05, 0.1) is 23.9 Å². The molecular formula is C26H21N3O3. The van der Waals surface area contributed by atoms with E-state index >= 15 is 0 Å². The fourth-order valence-electron chi connectivity index (χ4n) is 3.41. The number of carbonyl (C=O) groups is 1. The van der Waals surface area contributed by atoms with Crippen LogP contribution in [-0.4, -0.2) is 24.6 Å². The molecule has 1 heterocycles. The summed E-state index contributed by atoms with van der Waals surface area (Å²) in [5.74, 6) is 1.16. The van der Waals surface area contributed by atoms with Gasteiger partial charge < -0.3 is 14.8 Å². The van der Waals surface area contributed by atoms with Gasteiger partial charge in [-0.1, -0.05) is 30.3 Å². The van der Waals surface area contributed by atoms with Crippen molar-refractivity contribution in [2.75, 3.05) is 13.7 Å². The molecule has 158 valence electrons. The summed E-state index contributed by atoms with van der Waals surface area (Å²) in [6, 6.07) is 26.2. The van der Waals surface area contributed by atoms with E-state index in [1.54, 1.807) is 13.2 Å². The molecule has 1 amide bonds. The van der Waals surface area contributed by atoms with Crippen molar-refractivity contribution in [1.82, 2.24) is 10.3 Å². The number of rotatable bonds is 7. The second-order valence-electron chi connectivity index (χ2n) is 7.08. The quantitative estimate of drug-likeness (QED) is 0.464. The van der Waals surface area contributed by atoms with Gasteiger partial charge in [0.15, 0.2) is 6.61 Å². The summed E-state index contributed by atoms with van der Waals surface area (Å²) < 4.78 is 10.6. The number of fused-ring (bicyclic) bond motifs is 1. The zero-order chi connectivity index (χ0) is 22.3. The summed E-state index contributed by atoms with van der Waals surface area (Å²) in [7, 11) is 1.62. The molecule has 1 N–H and O–H groups in total. The minimum Gasteiger partial charge on any atom is -0.497 e. The summed E-state index contributed by atoms with van der Waals surface area (Å²) in [6.07, 6.45) is 0. The van der Waals surface area contributed by atoms with E-state index in [0.29, 0.717) is 23.6 Å². The van der Waals surface area contributed by atoms with E-state index < -0.39 is 0 Å². The summed E-state index contributed by atoms with van der Waals surface area (Å²) in [4.78, 5) is 17.9. The lowest BCUT2D eigenvalue weighted by Crippen LogP contribution is -2.23. The largest absolute Gasteiger partial charge is 0.497 e. The molecule has 3 aromatic carbocycles. The van der Waals surface area contributed by atoms with Crippen molar-refractivity contribution in [3.05, 3.63) is 90.0 Å². The molecule has 0 aliphatic rings. The molecule has 0 aliphatic heterocycles. The molecule has 0 fully saturated rings. The molecule has 1 aromatic heterocycles. The van der Waals surface area contributed by atoms with Crippen LogP contribution in [-0.2, 0) is 6.54 Å². The summed E-state index contributed by atoms with van der Waals surface area (Å²) in [6.45, 7) is 0.310. The van der Waals surface area contributed by atoms with Gasteiger partial charge in [0.1, 0.15) is 17.6 Å². The van der Waals surface area contributed by atoms with Crippen molar-refractivity contribution in [3.63, 3.8) is 0 Å². The Hall–Kier alpha value is -4.37. The number of aromatic nitrogens is 1. The molecule has 0 unspecified atom stereocenters. The first-order valence-electron chi connectivity index (χ1n) is 10.1. The predicted molar refractivity (Wildman–Crippen MR) is 122 cm³/mol. The Morgan fingerprint density at radius 1 is 1.00 bits per heavy atom. The van der Waals surface area contributed by atoms with Crippen LogP contribution in [0.15, 0.2) is 78.9 Å². The second-order valence-corrected chi connectivity index (χ2v) is 7.08. The Morgan fingerprint density at radius 3 is 2.59 bits per heavy atom. The molecule has 0 bridgehead atoms. The third kappa shape index (κ3) is 4.68. The van der Waals surface area contributed by atoms with Gasteiger partial charge in [0.2, 0.25) is 0 Å². The lowest BCUT2D eigenvalue weighted by molar-refractivity contribution is 0.0952. The third-order valence-electron chi connectivity index (χ3n) is 5.00. The number of amides is 1. The number of nitriles is 1. The molecule has 6 heteroatoms. The number of nitrogens with zero attached hydrogens (tertiary/aromatic N) is 2. The minimum atomic E-state index is -0.193. The predicted octanol–water partition coefficient (Wildman–Crippen LogP) is 4.74. The normalized spacial score (nSPS) is 10.4. The summed E-state index contributed by atoms with van der Waals surface area (Å²) in [5, 5.41) is 12.4. The van der Waals surface area contributed by atoms with E-state index in [1.807, 2.05) is 78.9 Å². The van der Waals surface area contributed by atoms with Gasteiger partial charge in [-0.15, -0.1) is 0 Å². The van der Waals surface area contributed by atoms with E-state index in [-0.39, 0.29) is 12.5 Å². The first-order chi connectivity index (χ1) is 15.7. The van der Waals surface area contributed by atoms with Crippen LogP contribution in [0.3, 0.4) is 0 Å². The number of benzene rings is 3. The lowest BCUT2D eigenvalue weighted by atomic mass is 10.0. The van der Waals surface area contributed by atoms with Crippen molar-refractivity contribution in [3.8, 4) is 28.8 Å². The van der Waals surface area contributed by atoms with Crippen LogP contribution in [0.1, 0.15) is 15.9 Å². The van der Waals surface area contributed by atoms with Gasteiger partial charge in [0.25, 0.3) is 5.91 Å². The standard InChI is InChI=1S/C26H21N3O3/c1-31-20-11-9-19(10-12-20)25-16-23(22-7-2-3-8-24(22)29-25)26(30)28-17-18-5-4-6-21(15-18)32-14-13-27/h2-12,15-16H,14,17H2,1H3,(H,28,30). The minimum absolute atomic E-state index is 0.0209. The number of hydrogen-bond donors (Lipinski definition) is 1. The van der Waals surface area contributed by atoms with Crippen LogP contribution < -0.4 is 14.8 Å². The van der Waals surface area contributed by atoms with Crippen molar-refractivity contribution < 1.29 is 14.3 Å².